The minimum absolute atomic E-state index is 0. The number of benzene rings is 6. The molecular weight excluding hydrogens is 739 g/mol. The fraction of sp³-hybridized carbons (Fsp3) is 0.250. The predicted octanol–water partition coefficient (Wildman–Crippen LogP) is 8.01. The Kier molecular flexibility index (Phi) is 10.1. The average Bonchev–Trinajstić information content (AvgIpc) is 3.66. The average molecular weight is 785 g/mol. The summed E-state index contributed by atoms with van der Waals surface area (Å²) in [6.45, 7) is 9.69. The van der Waals surface area contributed by atoms with E-state index in [1.807, 2.05) is 0 Å². The van der Waals surface area contributed by atoms with Crippen molar-refractivity contribution in [2.24, 2.45) is 11.8 Å². The van der Waals surface area contributed by atoms with Gasteiger partial charge in [-0.25, -0.2) is 0 Å². The van der Waals surface area contributed by atoms with E-state index in [0.29, 0.717) is 19.1 Å². The van der Waals surface area contributed by atoms with E-state index < -0.39 is 20.3 Å². The van der Waals surface area contributed by atoms with Crippen LogP contribution in [0, 0.1) is 11.8 Å². The molecule has 6 aromatic carbocycles. The molecule has 0 bridgehead atoms. The molecule has 51 heavy (non-hydrogen) atoms. The molecule has 1 aliphatic heterocycles. The molecule has 256 valence electrons. The summed E-state index contributed by atoms with van der Waals surface area (Å²) in [7, 11) is 0. The SMILES string of the molecule is CC(C)CC1=Cc2c(-c3ccc4ccccc4c3)cccc2[CH]1[Zr+2]1([CH]2C(CC(C)C)=Cc3c(-c4ccc5ccccc5c4)cccc32)[CH2][CH2]1.[Cl-].[Cl-]. The third kappa shape index (κ3) is 6.33. The van der Waals surface area contributed by atoms with E-state index in [1.54, 1.807) is 22.3 Å². The molecule has 0 nitrogen and oxygen atoms in total. The predicted molar refractivity (Wildman–Crippen MR) is 209 cm³/mol. The van der Waals surface area contributed by atoms with Gasteiger partial charge in [0, 0.05) is 0 Å². The quantitative estimate of drug-likeness (QED) is 0.147. The normalized spacial score (nSPS) is 17.6. The standard InChI is InChI=1S/2C23H21.C2H4.2ClH.Zr/c2*1-16(2)12-17-13-20-8-5-9-22(23(20)14-17)21-11-10-18-6-3-4-7-19(18)15-21;1-2;;;/h2*3-11,13-16H,12H2,1-2H3;1-2H2;2*1H;/q;;;;;+2/p-2. The van der Waals surface area contributed by atoms with Crippen molar-refractivity contribution in [1.82, 2.24) is 0 Å². The molecule has 0 aromatic heterocycles. The first-order valence-electron chi connectivity index (χ1n) is 18.5. The Hall–Kier alpha value is -3.22. The first kappa shape index (κ1) is 36.2. The van der Waals surface area contributed by atoms with Gasteiger partial charge in [0.15, 0.2) is 0 Å². The molecule has 0 radical (unpaired) electrons. The Labute approximate surface area is 321 Å². The molecule has 2 unspecified atom stereocenters. The molecule has 3 aliphatic rings. The number of fused-ring (bicyclic) bond motifs is 4. The zero-order chi connectivity index (χ0) is 33.3. The maximum atomic E-state index is 2.68. The Bertz CT molecular complexity index is 2160. The second-order valence-electron chi connectivity index (χ2n) is 16.0. The molecule has 1 heterocycles. The second-order valence-corrected chi connectivity index (χ2v) is 27.3. The maximum absolute atomic E-state index is 2.86. The van der Waals surface area contributed by atoms with Crippen LogP contribution >= 0.6 is 0 Å². The van der Waals surface area contributed by atoms with Crippen LogP contribution in [0.25, 0.3) is 56.0 Å². The Morgan fingerprint density at radius 2 is 0.902 bits per heavy atom. The summed E-state index contributed by atoms with van der Waals surface area (Å²) in [6.07, 6.45) is 7.76. The molecule has 6 aromatic rings. The maximum Gasteiger partial charge on any atom is -1.00 e. The molecule has 2 atom stereocenters. The van der Waals surface area contributed by atoms with Gasteiger partial charge >= 0.3 is 299 Å². The van der Waals surface area contributed by atoms with Crippen LogP contribution in [-0.4, -0.2) is 0 Å². The third-order valence-corrected chi connectivity index (χ3v) is 24.8. The van der Waals surface area contributed by atoms with Crippen molar-refractivity contribution >= 4 is 33.7 Å². The van der Waals surface area contributed by atoms with E-state index in [1.165, 1.54) is 76.0 Å². The van der Waals surface area contributed by atoms with Gasteiger partial charge in [-0.15, -0.1) is 0 Å². The number of halogens is 2. The zero-order valence-electron chi connectivity index (χ0n) is 30.1. The fourth-order valence-electron chi connectivity index (χ4n) is 9.69. The van der Waals surface area contributed by atoms with E-state index in [0.717, 1.165) is 0 Å². The van der Waals surface area contributed by atoms with Crippen LogP contribution in [0.4, 0.5) is 0 Å². The van der Waals surface area contributed by atoms with Crippen LogP contribution in [0.15, 0.2) is 132 Å². The summed E-state index contributed by atoms with van der Waals surface area (Å²) < 4.78 is 4.30. The summed E-state index contributed by atoms with van der Waals surface area (Å²) in [5, 5.41) is 5.27. The summed E-state index contributed by atoms with van der Waals surface area (Å²) in [4.78, 5) is 0. The van der Waals surface area contributed by atoms with Gasteiger partial charge in [0.25, 0.3) is 0 Å². The molecule has 1 fully saturated rings. The second kappa shape index (κ2) is 14.3. The van der Waals surface area contributed by atoms with Crippen molar-refractivity contribution < 1.29 is 45.1 Å². The number of hydrogen-bond donors (Lipinski definition) is 0. The Morgan fingerprint density at radius 3 is 1.29 bits per heavy atom. The fourth-order valence-corrected chi connectivity index (χ4v) is 27.2. The van der Waals surface area contributed by atoms with E-state index in [2.05, 4.69) is 161 Å². The number of hydrogen-bond acceptors (Lipinski definition) is 0. The summed E-state index contributed by atoms with van der Waals surface area (Å²) >= 11 is -2.86. The zero-order valence-corrected chi connectivity index (χ0v) is 34.1. The largest absolute Gasteiger partial charge is 1.00 e. The first-order chi connectivity index (χ1) is 23.9. The first-order valence-corrected chi connectivity index (χ1v) is 24.9. The number of rotatable bonds is 8. The molecule has 0 spiro atoms. The van der Waals surface area contributed by atoms with Crippen molar-refractivity contribution in [2.75, 3.05) is 0 Å². The van der Waals surface area contributed by atoms with Crippen molar-refractivity contribution in [2.45, 2.75) is 56.0 Å². The van der Waals surface area contributed by atoms with Crippen LogP contribution in [0.5, 0.6) is 0 Å². The van der Waals surface area contributed by atoms with Gasteiger partial charge in [0.2, 0.25) is 0 Å². The van der Waals surface area contributed by atoms with Crippen LogP contribution in [0.3, 0.4) is 0 Å². The van der Waals surface area contributed by atoms with E-state index in [-0.39, 0.29) is 24.8 Å². The van der Waals surface area contributed by atoms with Crippen LogP contribution < -0.4 is 24.8 Å². The smallest absolute Gasteiger partial charge is 1.00 e. The molecule has 3 heteroatoms. The summed E-state index contributed by atoms with van der Waals surface area (Å²) in [5.41, 5.74) is 15.3. The van der Waals surface area contributed by atoms with Crippen LogP contribution in [0.2, 0.25) is 8.26 Å². The van der Waals surface area contributed by atoms with Gasteiger partial charge in [-0.2, -0.15) is 0 Å². The van der Waals surface area contributed by atoms with E-state index in [4.69, 9.17) is 0 Å². The molecule has 0 N–H and O–H groups in total. The summed E-state index contributed by atoms with van der Waals surface area (Å²) in [5.74, 6) is 1.30. The van der Waals surface area contributed by atoms with E-state index >= 15 is 0 Å². The van der Waals surface area contributed by atoms with Crippen LogP contribution in [-0.2, 0) is 20.3 Å². The molecule has 0 saturated carbocycles. The molecule has 9 rings (SSSR count). The monoisotopic (exact) mass is 782 g/mol. The third-order valence-electron chi connectivity index (χ3n) is 11.7. The van der Waals surface area contributed by atoms with Gasteiger partial charge < -0.3 is 24.8 Å². The minimum atomic E-state index is -2.86. The number of allylic oxidation sites excluding steroid dienone is 2. The van der Waals surface area contributed by atoms with Crippen molar-refractivity contribution in [3.63, 3.8) is 0 Å². The topological polar surface area (TPSA) is 0 Å². The van der Waals surface area contributed by atoms with Crippen LogP contribution in [0.1, 0.15) is 70.0 Å². The van der Waals surface area contributed by atoms with Gasteiger partial charge in [0.1, 0.15) is 0 Å². The molecule has 1 saturated heterocycles. The molecular formula is C48H46Cl2Zr. The van der Waals surface area contributed by atoms with Gasteiger partial charge in [0.05, 0.1) is 0 Å². The van der Waals surface area contributed by atoms with E-state index in [9.17, 15) is 0 Å². The Balaban J connectivity index is 0.00000203. The Morgan fingerprint density at radius 1 is 0.490 bits per heavy atom. The van der Waals surface area contributed by atoms with Gasteiger partial charge in [-0.3, -0.25) is 0 Å². The molecule has 2 aliphatic carbocycles. The van der Waals surface area contributed by atoms with Gasteiger partial charge in [-0.05, 0) is 0 Å². The molecule has 0 amide bonds. The van der Waals surface area contributed by atoms with Crippen molar-refractivity contribution in [1.29, 1.82) is 0 Å². The van der Waals surface area contributed by atoms with Gasteiger partial charge in [-0.1, -0.05) is 0 Å². The summed E-state index contributed by atoms with van der Waals surface area (Å²) in [6, 6.07) is 46.3. The van der Waals surface area contributed by atoms with Crippen molar-refractivity contribution in [3.8, 4) is 22.3 Å². The van der Waals surface area contributed by atoms with Crippen molar-refractivity contribution in [3.05, 3.63) is 155 Å². The minimum Gasteiger partial charge on any atom is -1.00 e.